The summed E-state index contributed by atoms with van der Waals surface area (Å²) in [6, 6.07) is 8.58. The predicted octanol–water partition coefficient (Wildman–Crippen LogP) is 2.43. The van der Waals surface area contributed by atoms with Gasteiger partial charge in [0.15, 0.2) is 0 Å². The van der Waals surface area contributed by atoms with Crippen molar-refractivity contribution < 1.29 is 4.74 Å². The van der Waals surface area contributed by atoms with Gasteiger partial charge >= 0.3 is 0 Å². The maximum atomic E-state index is 6.01. The highest BCUT2D eigenvalue weighted by atomic mass is 16.5. The van der Waals surface area contributed by atoms with E-state index in [1.54, 1.807) is 0 Å². The third kappa shape index (κ3) is 4.02. The highest BCUT2D eigenvalue weighted by Crippen LogP contribution is 2.23. The van der Waals surface area contributed by atoms with Gasteiger partial charge in [0.1, 0.15) is 5.75 Å². The molecule has 0 radical (unpaired) electrons. The minimum absolute atomic E-state index is 0.104. The SMILES string of the molecule is CCCOc1ccc(C(C(C)N)N(C)C)cc1. The van der Waals surface area contributed by atoms with Gasteiger partial charge in [-0.05, 0) is 45.1 Å². The van der Waals surface area contributed by atoms with Gasteiger partial charge in [-0.3, -0.25) is 0 Å². The molecule has 0 fully saturated rings. The van der Waals surface area contributed by atoms with Crippen LogP contribution in [0.1, 0.15) is 31.9 Å². The molecule has 0 saturated heterocycles. The third-order valence-electron chi connectivity index (χ3n) is 2.75. The van der Waals surface area contributed by atoms with Crippen molar-refractivity contribution in [1.82, 2.24) is 4.90 Å². The van der Waals surface area contributed by atoms with Gasteiger partial charge in [-0.1, -0.05) is 19.1 Å². The van der Waals surface area contributed by atoms with Crippen LogP contribution in [0.5, 0.6) is 5.75 Å². The molecular formula is C14H24N2O. The zero-order valence-corrected chi connectivity index (χ0v) is 11.3. The maximum absolute atomic E-state index is 6.01. The van der Waals surface area contributed by atoms with Crippen LogP contribution in [0.4, 0.5) is 0 Å². The first-order valence-corrected chi connectivity index (χ1v) is 6.21. The topological polar surface area (TPSA) is 38.5 Å². The Balaban J connectivity index is 2.77. The van der Waals surface area contributed by atoms with E-state index in [1.807, 2.05) is 19.1 Å². The zero-order valence-electron chi connectivity index (χ0n) is 11.3. The van der Waals surface area contributed by atoms with E-state index in [9.17, 15) is 0 Å². The molecule has 0 aliphatic heterocycles. The van der Waals surface area contributed by atoms with E-state index < -0.39 is 0 Å². The fourth-order valence-corrected chi connectivity index (χ4v) is 2.05. The van der Waals surface area contributed by atoms with Crippen LogP contribution in [0.15, 0.2) is 24.3 Å². The van der Waals surface area contributed by atoms with Crippen LogP contribution in [0.25, 0.3) is 0 Å². The van der Waals surface area contributed by atoms with Gasteiger partial charge in [-0.2, -0.15) is 0 Å². The average molecular weight is 236 g/mol. The number of nitrogens with two attached hydrogens (primary N) is 1. The van der Waals surface area contributed by atoms with Crippen molar-refractivity contribution in [2.75, 3.05) is 20.7 Å². The van der Waals surface area contributed by atoms with Gasteiger partial charge in [0.2, 0.25) is 0 Å². The quantitative estimate of drug-likeness (QED) is 0.824. The molecule has 0 aliphatic carbocycles. The molecule has 17 heavy (non-hydrogen) atoms. The summed E-state index contributed by atoms with van der Waals surface area (Å²) in [6.45, 7) is 4.91. The molecule has 0 bridgehead atoms. The first-order valence-electron chi connectivity index (χ1n) is 6.21. The van der Waals surface area contributed by atoms with E-state index in [0.29, 0.717) is 0 Å². The van der Waals surface area contributed by atoms with Crippen molar-refractivity contribution in [2.45, 2.75) is 32.4 Å². The summed E-state index contributed by atoms with van der Waals surface area (Å²) in [5.74, 6) is 0.929. The van der Waals surface area contributed by atoms with Crippen LogP contribution >= 0.6 is 0 Å². The highest BCUT2D eigenvalue weighted by Gasteiger charge is 2.18. The number of benzene rings is 1. The van der Waals surface area contributed by atoms with E-state index in [2.05, 4.69) is 38.1 Å². The average Bonchev–Trinajstić information content (AvgIpc) is 2.27. The van der Waals surface area contributed by atoms with Crippen LogP contribution in [-0.2, 0) is 0 Å². The van der Waals surface area contributed by atoms with Gasteiger partial charge in [0.05, 0.1) is 6.61 Å². The summed E-state index contributed by atoms with van der Waals surface area (Å²) in [5.41, 5.74) is 7.25. The van der Waals surface area contributed by atoms with Crippen LogP contribution in [-0.4, -0.2) is 31.6 Å². The Morgan fingerprint density at radius 2 is 1.82 bits per heavy atom. The largest absolute Gasteiger partial charge is 0.494 e. The van der Waals surface area contributed by atoms with E-state index in [4.69, 9.17) is 10.5 Å². The standard InChI is InChI=1S/C14H24N2O/c1-5-10-17-13-8-6-12(7-9-13)14(11(2)15)16(3)4/h6-9,11,14H,5,10,15H2,1-4H3. The van der Waals surface area contributed by atoms with Gasteiger partial charge in [-0.15, -0.1) is 0 Å². The molecule has 1 aromatic rings. The van der Waals surface area contributed by atoms with E-state index in [1.165, 1.54) is 5.56 Å². The lowest BCUT2D eigenvalue weighted by atomic mass is 10.00. The lowest BCUT2D eigenvalue weighted by Gasteiger charge is -2.28. The van der Waals surface area contributed by atoms with Gasteiger partial charge in [0.25, 0.3) is 0 Å². The first kappa shape index (κ1) is 14.0. The Kier molecular flexibility index (Phi) is 5.45. The summed E-state index contributed by atoms with van der Waals surface area (Å²) < 4.78 is 5.57. The fraction of sp³-hybridized carbons (Fsp3) is 0.571. The normalized spacial score (nSPS) is 14.7. The Labute approximate surface area is 105 Å². The molecule has 1 aromatic carbocycles. The Morgan fingerprint density at radius 3 is 2.24 bits per heavy atom. The van der Waals surface area contributed by atoms with Crippen molar-refractivity contribution in [1.29, 1.82) is 0 Å². The molecular weight excluding hydrogens is 212 g/mol. The molecule has 2 unspecified atom stereocenters. The number of hydrogen-bond donors (Lipinski definition) is 1. The minimum atomic E-state index is 0.104. The van der Waals surface area contributed by atoms with Crippen LogP contribution < -0.4 is 10.5 Å². The number of hydrogen-bond acceptors (Lipinski definition) is 3. The monoisotopic (exact) mass is 236 g/mol. The highest BCUT2D eigenvalue weighted by molar-refractivity contribution is 5.29. The molecule has 1 rings (SSSR count). The summed E-state index contributed by atoms with van der Waals surface area (Å²) in [5, 5.41) is 0. The molecule has 3 nitrogen and oxygen atoms in total. The second-order valence-electron chi connectivity index (χ2n) is 4.69. The molecule has 2 atom stereocenters. The lowest BCUT2D eigenvalue weighted by molar-refractivity contribution is 0.265. The number of likely N-dealkylation sites (N-methyl/N-ethyl adjacent to an activating group) is 1. The Morgan fingerprint density at radius 1 is 1.24 bits per heavy atom. The molecule has 0 spiro atoms. The molecule has 2 N–H and O–H groups in total. The van der Waals surface area contributed by atoms with Crippen molar-refractivity contribution >= 4 is 0 Å². The van der Waals surface area contributed by atoms with Crippen LogP contribution in [0.3, 0.4) is 0 Å². The van der Waals surface area contributed by atoms with Crippen LogP contribution in [0, 0.1) is 0 Å². The molecule has 0 aromatic heterocycles. The van der Waals surface area contributed by atoms with Crippen molar-refractivity contribution in [3.8, 4) is 5.75 Å². The molecule has 0 amide bonds. The molecule has 0 heterocycles. The third-order valence-corrected chi connectivity index (χ3v) is 2.75. The van der Waals surface area contributed by atoms with Crippen LogP contribution in [0.2, 0.25) is 0 Å². The molecule has 0 aliphatic rings. The summed E-state index contributed by atoms with van der Waals surface area (Å²) in [4.78, 5) is 2.15. The van der Waals surface area contributed by atoms with Gasteiger partial charge in [-0.25, -0.2) is 0 Å². The van der Waals surface area contributed by atoms with Gasteiger partial charge in [0, 0.05) is 12.1 Å². The summed E-state index contributed by atoms with van der Waals surface area (Å²) in [6.07, 6.45) is 1.03. The van der Waals surface area contributed by atoms with E-state index >= 15 is 0 Å². The van der Waals surface area contributed by atoms with Crippen molar-refractivity contribution in [2.24, 2.45) is 5.73 Å². The molecule has 96 valence electrons. The van der Waals surface area contributed by atoms with Crippen molar-refractivity contribution in [3.05, 3.63) is 29.8 Å². The van der Waals surface area contributed by atoms with Crippen molar-refractivity contribution in [3.63, 3.8) is 0 Å². The second-order valence-corrected chi connectivity index (χ2v) is 4.69. The lowest BCUT2D eigenvalue weighted by Crippen LogP contribution is -2.34. The first-order chi connectivity index (χ1) is 8.06. The minimum Gasteiger partial charge on any atom is -0.494 e. The molecule has 3 heteroatoms. The predicted molar refractivity (Wildman–Crippen MR) is 72.3 cm³/mol. The zero-order chi connectivity index (χ0) is 12.8. The maximum Gasteiger partial charge on any atom is 0.119 e. The van der Waals surface area contributed by atoms with E-state index in [-0.39, 0.29) is 12.1 Å². The smallest absolute Gasteiger partial charge is 0.119 e. The fourth-order valence-electron chi connectivity index (χ4n) is 2.05. The molecule has 0 saturated carbocycles. The van der Waals surface area contributed by atoms with E-state index in [0.717, 1.165) is 18.8 Å². The number of ether oxygens (including phenoxy) is 1. The number of rotatable bonds is 6. The summed E-state index contributed by atoms with van der Waals surface area (Å²) in [7, 11) is 4.10. The second kappa shape index (κ2) is 6.62. The number of nitrogens with zero attached hydrogens (tertiary/aromatic N) is 1. The van der Waals surface area contributed by atoms with Gasteiger partial charge < -0.3 is 15.4 Å². The Bertz CT molecular complexity index is 311. The Hall–Kier alpha value is -1.06. The summed E-state index contributed by atoms with van der Waals surface area (Å²) >= 11 is 0.